The first-order valence-corrected chi connectivity index (χ1v) is 9.99. The van der Waals surface area contributed by atoms with Crippen molar-refractivity contribution in [3.63, 3.8) is 0 Å². The number of thiazole rings is 1. The molecule has 0 aliphatic rings. The van der Waals surface area contributed by atoms with Crippen LogP contribution in [0.3, 0.4) is 0 Å². The van der Waals surface area contributed by atoms with Gasteiger partial charge in [0, 0.05) is 32.1 Å². The highest BCUT2D eigenvalue weighted by Gasteiger charge is 2.18. The van der Waals surface area contributed by atoms with E-state index in [1.54, 1.807) is 22.4 Å². The highest BCUT2D eigenvalue weighted by atomic mass is 32.1. The molecule has 7 heteroatoms. The summed E-state index contributed by atoms with van der Waals surface area (Å²) in [5.41, 5.74) is 3.82. The van der Waals surface area contributed by atoms with Gasteiger partial charge in [0.1, 0.15) is 6.61 Å². The monoisotopic (exact) mass is 409 g/mol. The van der Waals surface area contributed by atoms with Crippen molar-refractivity contribution in [2.45, 2.75) is 20.5 Å². The van der Waals surface area contributed by atoms with Gasteiger partial charge in [0.25, 0.3) is 0 Å². The van der Waals surface area contributed by atoms with Crippen molar-refractivity contribution >= 4 is 39.7 Å². The Labute approximate surface area is 174 Å². The van der Waals surface area contributed by atoms with Crippen molar-refractivity contribution in [1.29, 1.82) is 0 Å². The third-order valence-electron chi connectivity index (χ3n) is 4.26. The van der Waals surface area contributed by atoms with Crippen LogP contribution in [0.1, 0.15) is 28.5 Å². The SMILES string of the molecule is CC(=O)N(c1cccc(C)c1)c1nc(COC(=O)c2cccc(N(C)C)c2)cs1. The van der Waals surface area contributed by atoms with Crippen molar-refractivity contribution in [3.8, 4) is 0 Å². The predicted octanol–water partition coefficient (Wildman–Crippen LogP) is 4.56. The predicted molar refractivity (Wildman–Crippen MR) is 116 cm³/mol. The fourth-order valence-electron chi connectivity index (χ4n) is 2.79. The van der Waals surface area contributed by atoms with Crippen LogP contribution < -0.4 is 9.80 Å². The summed E-state index contributed by atoms with van der Waals surface area (Å²) in [6, 6.07) is 14.9. The first-order valence-electron chi connectivity index (χ1n) is 9.11. The van der Waals surface area contributed by atoms with Crippen molar-refractivity contribution < 1.29 is 14.3 Å². The molecule has 1 aromatic heterocycles. The first-order chi connectivity index (χ1) is 13.8. The molecule has 0 bridgehead atoms. The normalized spacial score (nSPS) is 10.5. The number of hydrogen-bond acceptors (Lipinski definition) is 6. The molecule has 6 nitrogen and oxygen atoms in total. The highest BCUT2D eigenvalue weighted by molar-refractivity contribution is 7.14. The number of nitrogens with zero attached hydrogens (tertiary/aromatic N) is 3. The van der Waals surface area contributed by atoms with E-state index in [9.17, 15) is 9.59 Å². The average molecular weight is 410 g/mol. The number of esters is 1. The highest BCUT2D eigenvalue weighted by Crippen LogP contribution is 2.29. The molecule has 3 aromatic rings. The van der Waals surface area contributed by atoms with Gasteiger partial charge in [-0.15, -0.1) is 11.3 Å². The van der Waals surface area contributed by atoms with Crippen LogP contribution in [0.4, 0.5) is 16.5 Å². The molecule has 0 fully saturated rings. The molecule has 2 aromatic carbocycles. The Morgan fingerprint density at radius 1 is 1.07 bits per heavy atom. The van der Waals surface area contributed by atoms with Crippen LogP contribution >= 0.6 is 11.3 Å². The zero-order chi connectivity index (χ0) is 21.0. The van der Waals surface area contributed by atoms with Crippen molar-refractivity contribution in [2.24, 2.45) is 0 Å². The summed E-state index contributed by atoms with van der Waals surface area (Å²) in [5, 5.41) is 2.34. The third-order valence-corrected chi connectivity index (χ3v) is 5.13. The summed E-state index contributed by atoms with van der Waals surface area (Å²) < 4.78 is 5.41. The molecule has 3 rings (SSSR count). The standard InChI is InChI=1S/C22H23N3O3S/c1-15-7-5-10-20(11-15)25(16(2)26)22-23-18(14-29-22)13-28-21(27)17-8-6-9-19(12-17)24(3)4/h5-12,14H,13H2,1-4H3. The number of aromatic nitrogens is 1. The zero-order valence-corrected chi connectivity index (χ0v) is 17.7. The Balaban J connectivity index is 1.72. The van der Waals surface area contributed by atoms with E-state index in [0.29, 0.717) is 16.4 Å². The van der Waals surface area contributed by atoms with Gasteiger partial charge in [-0.3, -0.25) is 9.69 Å². The van der Waals surface area contributed by atoms with Crippen molar-refractivity contribution in [2.75, 3.05) is 23.9 Å². The van der Waals surface area contributed by atoms with E-state index in [1.165, 1.54) is 18.3 Å². The lowest BCUT2D eigenvalue weighted by Crippen LogP contribution is -2.22. The van der Waals surface area contributed by atoms with E-state index in [0.717, 1.165) is 16.9 Å². The summed E-state index contributed by atoms with van der Waals surface area (Å²) in [4.78, 5) is 32.5. The third kappa shape index (κ3) is 5.00. The molecule has 0 aliphatic heterocycles. The van der Waals surface area contributed by atoms with Gasteiger partial charge in [-0.25, -0.2) is 9.78 Å². The number of amides is 1. The zero-order valence-electron chi connectivity index (χ0n) is 16.9. The first kappa shape index (κ1) is 20.5. The number of rotatable bonds is 6. The van der Waals surface area contributed by atoms with Gasteiger partial charge in [0.15, 0.2) is 5.13 Å². The maximum absolute atomic E-state index is 12.4. The molecule has 0 unspecified atom stereocenters. The van der Waals surface area contributed by atoms with Crippen LogP contribution in [0.25, 0.3) is 0 Å². The minimum atomic E-state index is -0.412. The van der Waals surface area contributed by atoms with E-state index in [4.69, 9.17) is 4.74 Å². The fraction of sp³-hybridized carbons (Fsp3) is 0.227. The Morgan fingerprint density at radius 3 is 2.48 bits per heavy atom. The van der Waals surface area contributed by atoms with Gasteiger partial charge in [-0.05, 0) is 42.8 Å². The number of aryl methyl sites for hydroxylation is 1. The number of carbonyl (C=O) groups is 2. The van der Waals surface area contributed by atoms with Gasteiger partial charge >= 0.3 is 5.97 Å². The summed E-state index contributed by atoms with van der Waals surface area (Å²) >= 11 is 1.34. The van der Waals surface area contributed by atoms with E-state index in [-0.39, 0.29) is 12.5 Å². The lowest BCUT2D eigenvalue weighted by atomic mass is 10.2. The molecule has 1 amide bonds. The Morgan fingerprint density at radius 2 is 1.79 bits per heavy atom. The van der Waals surface area contributed by atoms with E-state index < -0.39 is 5.97 Å². The molecule has 150 valence electrons. The topological polar surface area (TPSA) is 62.7 Å². The van der Waals surface area contributed by atoms with E-state index >= 15 is 0 Å². The van der Waals surface area contributed by atoms with Crippen LogP contribution in [0.5, 0.6) is 0 Å². The maximum Gasteiger partial charge on any atom is 0.338 e. The molecule has 1 heterocycles. The van der Waals surface area contributed by atoms with Gasteiger partial charge in [0.05, 0.1) is 16.9 Å². The summed E-state index contributed by atoms with van der Waals surface area (Å²) in [6.07, 6.45) is 0. The molecule has 0 atom stereocenters. The molecule has 0 aliphatic carbocycles. The number of anilines is 3. The average Bonchev–Trinajstić information content (AvgIpc) is 3.14. The second-order valence-electron chi connectivity index (χ2n) is 6.84. The second-order valence-corrected chi connectivity index (χ2v) is 7.67. The summed E-state index contributed by atoms with van der Waals surface area (Å²) in [7, 11) is 3.83. The lowest BCUT2D eigenvalue weighted by molar-refractivity contribution is -0.115. The van der Waals surface area contributed by atoms with Crippen molar-refractivity contribution in [3.05, 3.63) is 70.7 Å². The van der Waals surface area contributed by atoms with Gasteiger partial charge in [0.2, 0.25) is 5.91 Å². The Bertz CT molecular complexity index is 1030. The lowest BCUT2D eigenvalue weighted by Gasteiger charge is -2.18. The van der Waals surface area contributed by atoms with E-state index in [1.807, 2.05) is 62.3 Å². The molecule has 0 radical (unpaired) electrons. The minimum Gasteiger partial charge on any atom is -0.456 e. The largest absolute Gasteiger partial charge is 0.456 e. The number of carbonyl (C=O) groups excluding carboxylic acids is 2. The van der Waals surface area contributed by atoms with Crippen LogP contribution in [-0.2, 0) is 16.1 Å². The smallest absolute Gasteiger partial charge is 0.338 e. The van der Waals surface area contributed by atoms with Crippen molar-refractivity contribution in [1.82, 2.24) is 4.98 Å². The van der Waals surface area contributed by atoms with E-state index in [2.05, 4.69) is 4.98 Å². The maximum atomic E-state index is 12.4. The van der Waals surface area contributed by atoms with Crippen LogP contribution in [0, 0.1) is 6.92 Å². The summed E-state index contributed by atoms with van der Waals surface area (Å²) in [6.45, 7) is 3.52. The number of ether oxygens (including phenoxy) is 1. The Hall–Kier alpha value is -3.19. The fourth-order valence-corrected chi connectivity index (χ4v) is 3.66. The number of hydrogen-bond donors (Lipinski definition) is 0. The molecule has 0 spiro atoms. The molecular formula is C22H23N3O3S. The molecule has 29 heavy (non-hydrogen) atoms. The molecule has 0 N–H and O–H groups in total. The van der Waals surface area contributed by atoms with Gasteiger partial charge in [-0.2, -0.15) is 0 Å². The minimum absolute atomic E-state index is 0.0427. The quantitative estimate of drug-likeness (QED) is 0.559. The molecular weight excluding hydrogens is 386 g/mol. The van der Waals surface area contributed by atoms with Crippen LogP contribution in [0.15, 0.2) is 53.9 Å². The summed E-state index contributed by atoms with van der Waals surface area (Å²) in [5.74, 6) is -0.542. The number of benzene rings is 2. The molecule has 0 saturated carbocycles. The van der Waals surface area contributed by atoms with Crippen LogP contribution in [-0.4, -0.2) is 31.0 Å². The second kappa shape index (κ2) is 8.87. The van der Waals surface area contributed by atoms with Crippen LogP contribution in [0.2, 0.25) is 0 Å². The van der Waals surface area contributed by atoms with Gasteiger partial charge < -0.3 is 9.64 Å². The Kier molecular flexibility index (Phi) is 6.29. The molecule has 0 saturated heterocycles. The van der Waals surface area contributed by atoms with Gasteiger partial charge in [-0.1, -0.05) is 18.2 Å².